The Balaban J connectivity index is 2.17. The number of aryl methyl sites for hydroxylation is 2. The molecule has 3 heteroatoms. The molecule has 90 valence electrons. The van der Waals surface area contributed by atoms with E-state index in [0.29, 0.717) is 0 Å². The summed E-state index contributed by atoms with van der Waals surface area (Å²) >= 11 is 0. The first-order valence-electron chi connectivity index (χ1n) is 6.12. The van der Waals surface area contributed by atoms with Crippen LogP contribution in [-0.2, 0) is 6.54 Å². The van der Waals surface area contributed by atoms with Crippen LogP contribution in [0.5, 0.6) is 0 Å². The van der Waals surface area contributed by atoms with E-state index < -0.39 is 0 Å². The van der Waals surface area contributed by atoms with Gasteiger partial charge in [0, 0.05) is 26.2 Å². The summed E-state index contributed by atoms with van der Waals surface area (Å²) < 4.78 is 0. The van der Waals surface area contributed by atoms with Gasteiger partial charge < -0.3 is 5.32 Å². The minimum atomic E-state index is 0.00255. The van der Waals surface area contributed by atoms with Crippen molar-refractivity contribution >= 4 is 0 Å². The van der Waals surface area contributed by atoms with Gasteiger partial charge in [-0.05, 0) is 30.5 Å². The number of rotatable bonds is 2. The van der Waals surface area contributed by atoms with Gasteiger partial charge in [-0.2, -0.15) is 5.26 Å². The molecule has 17 heavy (non-hydrogen) atoms. The molecule has 3 nitrogen and oxygen atoms in total. The van der Waals surface area contributed by atoms with Crippen LogP contribution in [0.2, 0.25) is 0 Å². The number of nitriles is 1. The van der Waals surface area contributed by atoms with E-state index in [1.54, 1.807) is 0 Å². The van der Waals surface area contributed by atoms with Crippen LogP contribution in [0.1, 0.15) is 16.7 Å². The minimum absolute atomic E-state index is 0.00255. The fraction of sp³-hybridized carbons (Fsp3) is 0.500. The first kappa shape index (κ1) is 12.1. The van der Waals surface area contributed by atoms with Crippen LogP contribution in [0.25, 0.3) is 0 Å². The standard InChI is InChI=1S/C14H19N3/c1-11-4-3-5-12(2)14(11)10-17-7-6-16-9-13(17)8-15/h3-5,13,16H,6-7,9-10H2,1-2H3. The lowest BCUT2D eigenvalue weighted by Gasteiger charge is -2.32. The van der Waals surface area contributed by atoms with E-state index in [-0.39, 0.29) is 6.04 Å². The van der Waals surface area contributed by atoms with Crippen molar-refractivity contribution in [1.82, 2.24) is 10.2 Å². The topological polar surface area (TPSA) is 39.1 Å². The molecule has 0 aromatic heterocycles. The monoisotopic (exact) mass is 229 g/mol. The van der Waals surface area contributed by atoms with Crippen LogP contribution in [0.4, 0.5) is 0 Å². The molecule has 0 radical (unpaired) electrons. The molecule has 1 heterocycles. The Kier molecular flexibility index (Phi) is 3.78. The fourth-order valence-corrected chi connectivity index (χ4v) is 2.36. The zero-order valence-electron chi connectivity index (χ0n) is 10.5. The Bertz CT molecular complexity index is 413. The molecule has 0 spiro atoms. The van der Waals surface area contributed by atoms with Gasteiger partial charge >= 0.3 is 0 Å². The molecule has 1 aromatic carbocycles. The summed E-state index contributed by atoms with van der Waals surface area (Å²) in [7, 11) is 0. The van der Waals surface area contributed by atoms with E-state index in [1.165, 1.54) is 16.7 Å². The van der Waals surface area contributed by atoms with Gasteiger partial charge in [0.05, 0.1) is 6.07 Å². The third-order valence-electron chi connectivity index (χ3n) is 3.51. The van der Waals surface area contributed by atoms with Gasteiger partial charge in [0.15, 0.2) is 0 Å². The fourth-order valence-electron chi connectivity index (χ4n) is 2.36. The molecule has 1 atom stereocenters. The second-order valence-corrected chi connectivity index (χ2v) is 4.69. The van der Waals surface area contributed by atoms with Gasteiger partial charge in [0.25, 0.3) is 0 Å². The summed E-state index contributed by atoms with van der Waals surface area (Å²) in [4.78, 5) is 2.27. The lowest BCUT2D eigenvalue weighted by Crippen LogP contribution is -2.50. The van der Waals surface area contributed by atoms with Crippen LogP contribution in [0, 0.1) is 25.2 Å². The zero-order chi connectivity index (χ0) is 12.3. The van der Waals surface area contributed by atoms with E-state index in [1.807, 2.05) is 0 Å². The molecule has 1 aliphatic rings. The van der Waals surface area contributed by atoms with Crippen molar-refractivity contribution in [2.45, 2.75) is 26.4 Å². The summed E-state index contributed by atoms with van der Waals surface area (Å²) in [5, 5.41) is 12.4. The lowest BCUT2D eigenvalue weighted by atomic mass is 10.0. The molecule has 1 aliphatic heterocycles. The van der Waals surface area contributed by atoms with E-state index in [0.717, 1.165) is 26.2 Å². The molecule has 1 fully saturated rings. The Morgan fingerprint density at radius 2 is 2.12 bits per heavy atom. The molecular formula is C14H19N3. The molecule has 0 bridgehead atoms. The molecular weight excluding hydrogens is 210 g/mol. The average Bonchev–Trinajstić information content (AvgIpc) is 2.34. The number of piperazine rings is 1. The van der Waals surface area contributed by atoms with E-state index in [2.05, 4.69) is 48.3 Å². The van der Waals surface area contributed by atoms with Crippen molar-refractivity contribution in [2.24, 2.45) is 0 Å². The summed E-state index contributed by atoms with van der Waals surface area (Å²) in [6, 6.07) is 8.76. The predicted molar refractivity (Wildman–Crippen MR) is 68.6 cm³/mol. The maximum atomic E-state index is 9.15. The highest BCUT2D eigenvalue weighted by atomic mass is 15.2. The largest absolute Gasteiger partial charge is 0.313 e. The smallest absolute Gasteiger partial charge is 0.111 e. The average molecular weight is 229 g/mol. The highest BCUT2D eigenvalue weighted by Crippen LogP contribution is 2.17. The second-order valence-electron chi connectivity index (χ2n) is 4.69. The Morgan fingerprint density at radius 3 is 2.76 bits per heavy atom. The summed E-state index contributed by atoms with van der Waals surface area (Å²) in [6.45, 7) is 7.88. The zero-order valence-corrected chi connectivity index (χ0v) is 10.5. The third-order valence-corrected chi connectivity index (χ3v) is 3.51. The SMILES string of the molecule is Cc1cccc(C)c1CN1CCNCC1C#N. The van der Waals surface area contributed by atoms with Gasteiger partial charge in [-0.15, -0.1) is 0 Å². The first-order chi connectivity index (χ1) is 8.22. The Labute approximate surface area is 103 Å². The highest BCUT2D eigenvalue weighted by molar-refractivity contribution is 5.33. The van der Waals surface area contributed by atoms with Crippen molar-refractivity contribution in [3.05, 3.63) is 34.9 Å². The van der Waals surface area contributed by atoms with Gasteiger partial charge in [0.2, 0.25) is 0 Å². The Morgan fingerprint density at radius 1 is 1.41 bits per heavy atom. The number of nitrogens with one attached hydrogen (secondary N) is 1. The van der Waals surface area contributed by atoms with E-state index in [4.69, 9.17) is 5.26 Å². The van der Waals surface area contributed by atoms with Crippen LogP contribution < -0.4 is 5.32 Å². The molecule has 1 aromatic rings. The highest BCUT2D eigenvalue weighted by Gasteiger charge is 2.22. The quantitative estimate of drug-likeness (QED) is 0.837. The van der Waals surface area contributed by atoms with Crippen molar-refractivity contribution in [2.75, 3.05) is 19.6 Å². The first-order valence-corrected chi connectivity index (χ1v) is 6.12. The van der Waals surface area contributed by atoms with E-state index in [9.17, 15) is 0 Å². The summed E-state index contributed by atoms with van der Waals surface area (Å²) in [6.07, 6.45) is 0. The molecule has 2 rings (SSSR count). The molecule has 1 unspecified atom stereocenters. The van der Waals surface area contributed by atoms with Gasteiger partial charge in [-0.1, -0.05) is 18.2 Å². The third kappa shape index (κ3) is 2.66. The van der Waals surface area contributed by atoms with Crippen LogP contribution in [-0.4, -0.2) is 30.6 Å². The Hall–Kier alpha value is -1.37. The molecule has 1 N–H and O–H groups in total. The molecule has 0 amide bonds. The number of benzene rings is 1. The maximum absolute atomic E-state index is 9.15. The van der Waals surface area contributed by atoms with Crippen LogP contribution in [0.15, 0.2) is 18.2 Å². The van der Waals surface area contributed by atoms with Crippen molar-refractivity contribution in [3.8, 4) is 6.07 Å². The molecule has 0 saturated carbocycles. The number of hydrogen-bond donors (Lipinski definition) is 1. The van der Waals surface area contributed by atoms with Crippen molar-refractivity contribution in [1.29, 1.82) is 5.26 Å². The number of nitrogens with zero attached hydrogens (tertiary/aromatic N) is 2. The van der Waals surface area contributed by atoms with Crippen LogP contribution in [0.3, 0.4) is 0 Å². The van der Waals surface area contributed by atoms with Gasteiger partial charge in [0.1, 0.15) is 6.04 Å². The number of hydrogen-bond acceptors (Lipinski definition) is 3. The maximum Gasteiger partial charge on any atom is 0.111 e. The minimum Gasteiger partial charge on any atom is -0.313 e. The van der Waals surface area contributed by atoms with Crippen LogP contribution >= 0.6 is 0 Å². The van der Waals surface area contributed by atoms with Gasteiger partial charge in [-0.3, -0.25) is 4.90 Å². The predicted octanol–water partition coefficient (Wildman–Crippen LogP) is 1.60. The van der Waals surface area contributed by atoms with Crippen molar-refractivity contribution < 1.29 is 0 Å². The summed E-state index contributed by atoms with van der Waals surface area (Å²) in [5.74, 6) is 0. The molecule has 1 saturated heterocycles. The van der Waals surface area contributed by atoms with Gasteiger partial charge in [-0.25, -0.2) is 0 Å². The summed E-state index contributed by atoms with van der Waals surface area (Å²) in [5.41, 5.74) is 4.01. The second kappa shape index (κ2) is 5.31. The normalized spacial score (nSPS) is 21.1. The lowest BCUT2D eigenvalue weighted by molar-refractivity contribution is 0.188. The van der Waals surface area contributed by atoms with E-state index >= 15 is 0 Å². The van der Waals surface area contributed by atoms with Crippen molar-refractivity contribution in [3.63, 3.8) is 0 Å². The molecule has 0 aliphatic carbocycles.